The van der Waals surface area contributed by atoms with Crippen LogP contribution in [0.3, 0.4) is 0 Å². The van der Waals surface area contributed by atoms with Gasteiger partial charge in [-0.3, -0.25) is 4.79 Å². The molecular formula is C11H13NO. The van der Waals surface area contributed by atoms with Crippen molar-refractivity contribution in [1.82, 2.24) is 5.32 Å². The van der Waals surface area contributed by atoms with Gasteiger partial charge in [0.05, 0.1) is 6.04 Å². The molecule has 0 aliphatic heterocycles. The molecule has 1 N–H and O–H groups in total. The highest BCUT2D eigenvalue weighted by Crippen LogP contribution is 2.32. The topological polar surface area (TPSA) is 29.1 Å². The lowest BCUT2D eigenvalue weighted by atomic mass is 9.83. The van der Waals surface area contributed by atoms with E-state index in [4.69, 9.17) is 0 Å². The summed E-state index contributed by atoms with van der Waals surface area (Å²) >= 11 is 0. The molecule has 0 spiro atoms. The minimum atomic E-state index is 0.138. The fourth-order valence-corrected chi connectivity index (χ4v) is 1.68. The lowest BCUT2D eigenvalue weighted by molar-refractivity contribution is -0.121. The number of nitrogens with one attached hydrogen (secondary N) is 1. The zero-order valence-electron chi connectivity index (χ0n) is 7.71. The Kier molecular flexibility index (Phi) is 2.05. The predicted octanol–water partition coefficient (Wildman–Crippen LogP) is 1.81. The van der Waals surface area contributed by atoms with Crippen molar-refractivity contribution in [2.24, 2.45) is 0 Å². The summed E-state index contributed by atoms with van der Waals surface area (Å²) < 4.78 is 0. The van der Waals surface area contributed by atoms with Crippen LogP contribution in [0.5, 0.6) is 0 Å². The highest BCUT2D eigenvalue weighted by Gasteiger charge is 2.25. The van der Waals surface area contributed by atoms with Crippen LogP contribution in [-0.4, -0.2) is 5.91 Å². The molecule has 1 atom stereocenters. The molecule has 2 heteroatoms. The number of hydrogen-bond acceptors (Lipinski definition) is 1. The summed E-state index contributed by atoms with van der Waals surface area (Å²) in [6, 6.07) is 8.52. The Balaban J connectivity index is 2.05. The third-order valence-electron chi connectivity index (χ3n) is 2.51. The van der Waals surface area contributed by atoms with Crippen molar-refractivity contribution in [3.63, 3.8) is 0 Å². The minimum absolute atomic E-state index is 0.138. The van der Waals surface area contributed by atoms with Crippen LogP contribution < -0.4 is 5.32 Å². The number of rotatable bonds is 2. The van der Waals surface area contributed by atoms with Crippen LogP contribution in [0.2, 0.25) is 0 Å². The van der Waals surface area contributed by atoms with Crippen molar-refractivity contribution in [1.29, 1.82) is 0 Å². The summed E-state index contributed by atoms with van der Waals surface area (Å²) in [6.07, 6.45) is 1.56. The average Bonchev–Trinajstić information content (AvgIpc) is 2.14. The Bertz CT molecular complexity index is 333. The van der Waals surface area contributed by atoms with E-state index in [2.05, 4.69) is 17.4 Å². The van der Waals surface area contributed by atoms with Gasteiger partial charge in [-0.15, -0.1) is 0 Å². The summed E-state index contributed by atoms with van der Waals surface area (Å²) in [4.78, 5) is 11.1. The maximum absolute atomic E-state index is 11.1. The molecule has 0 aromatic heterocycles. The van der Waals surface area contributed by atoms with E-state index in [-0.39, 0.29) is 11.9 Å². The van der Waals surface area contributed by atoms with Gasteiger partial charge in [-0.25, -0.2) is 0 Å². The quantitative estimate of drug-likeness (QED) is 0.729. The zero-order chi connectivity index (χ0) is 9.26. The first-order valence-electron chi connectivity index (χ1n) is 4.68. The molecule has 0 bridgehead atoms. The summed E-state index contributed by atoms with van der Waals surface area (Å²) in [7, 11) is 0. The first kappa shape index (κ1) is 8.30. The number of hydrogen-bond donors (Lipinski definition) is 1. The first-order valence-corrected chi connectivity index (χ1v) is 4.68. The molecule has 0 saturated heterocycles. The van der Waals surface area contributed by atoms with E-state index >= 15 is 0 Å². The van der Waals surface area contributed by atoms with Gasteiger partial charge in [0.2, 0.25) is 5.91 Å². The zero-order valence-corrected chi connectivity index (χ0v) is 7.71. The molecule has 68 valence electrons. The molecule has 0 radical (unpaired) electrons. The van der Waals surface area contributed by atoms with Crippen LogP contribution >= 0.6 is 0 Å². The second-order valence-corrected chi connectivity index (χ2v) is 3.38. The van der Waals surface area contributed by atoms with Gasteiger partial charge >= 0.3 is 0 Å². The second kappa shape index (κ2) is 3.21. The number of amides is 1. The average molecular weight is 175 g/mol. The van der Waals surface area contributed by atoms with Gasteiger partial charge in [-0.2, -0.15) is 0 Å². The van der Waals surface area contributed by atoms with Crippen molar-refractivity contribution < 1.29 is 4.79 Å². The first-order chi connectivity index (χ1) is 6.31. The standard InChI is InChI=1S/C11H13NO/c1-2-11(13)12-10-7-8-5-3-4-6-9(8)10/h3-6,10H,2,7H2,1H3,(H,12,13). The molecule has 13 heavy (non-hydrogen) atoms. The molecule has 1 aromatic rings. The predicted molar refractivity (Wildman–Crippen MR) is 51.3 cm³/mol. The smallest absolute Gasteiger partial charge is 0.220 e. The van der Waals surface area contributed by atoms with Crippen molar-refractivity contribution in [3.8, 4) is 0 Å². The van der Waals surface area contributed by atoms with Gasteiger partial charge < -0.3 is 5.32 Å². The number of carbonyl (C=O) groups excluding carboxylic acids is 1. The van der Waals surface area contributed by atoms with Gasteiger partial charge in [-0.1, -0.05) is 31.2 Å². The maximum Gasteiger partial charge on any atom is 0.220 e. The van der Waals surface area contributed by atoms with E-state index in [0.29, 0.717) is 6.42 Å². The van der Waals surface area contributed by atoms with Gasteiger partial charge in [-0.05, 0) is 17.5 Å². The van der Waals surface area contributed by atoms with E-state index in [9.17, 15) is 4.79 Å². The van der Waals surface area contributed by atoms with Crippen LogP contribution in [0.1, 0.15) is 30.5 Å². The van der Waals surface area contributed by atoms with E-state index in [1.807, 2.05) is 19.1 Å². The molecule has 2 rings (SSSR count). The number of fused-ring (bicyclic) bond motifs is 1. The molecule has 0 fully saturated rings. The van der Waals surface area contributed by atoms with E-state index < -0.39 is 0 Å². The Morgan fingerprint density at radius 2 is 2.31 bits per heavy atom. The van der Waals surface area contributed by atoms with Crippen molar-refractivity contribution in [2.75, 3.05) is 0 Å². The summed E-state index contributed by atoms with van der Waals surface area (Å²) in [6.45, 7) is 1.87. The molecule has 1 aromatic carbocycles. The monoisotopic (exact) mass is 175 g/mol. The maximum atomic E-state index is 11.1. The van der Waals surface area contributed by atoms with Crippen molar-refractivity contribution in [3.05, 3.63) is 35.4 Å². The van der Waals surface area contributed by atoms with Crippen molar-refractivity contribution >= 4 is 5.91 Å². The normalized spacial score (nSPS) is 18.7. The third kappa shape index (κ3) is 1.44. The molecular weight excluding hydrogens is 162 g/mol. The summed E-state index contributed by atoms with van der Waals surface area (Å²) in [5.74, 6) is 0.138. The van der Waals surface area contributed by atoms with Crippen LogP contribution in [0.15, 0.2) is 24.3 Å². The lowest BCUT2D eigenvalue weighted by Gasteiger charge is -2.30. The molecule has 1 aliphatic carbocycles. The Morgan fingerprint density at radius 3 is 3.00 bits per heavy atom. The highest BCUT2D eigenvalue weighted by molar-refractivity contribution is 5.76. The van der Waals surface area contributed by atoms with Gasteiger partial charge in [0.25, 0.3) is 0 Å². The van der Waals surface area contributed by atoms with Gasteiger partial charge in [0, 0.05) is 6.42 Å². The van der Waals surface area contributed by atoms with Gasteiger partial charge in [0.1, 0.15) is 0 Å². The fraction of sp³-hybridized carbons (Fsp3) is 0.364. The SMILES string of the molecule is CCC(=O)NC1Cc2ccccc21. The van der Waals surface area contributed by atoms with Crippen LogP contribution in [0.25, 0.3) is 0 Å². The second-order valence-electron chi connectivity index (χ2n) is 3.38. The molecule has 0 heterocycles. The Hall–Kier alpha value is -1.31. The van der Waals surface area contributed by atoms with Crippen LogP contribution in [0.4, 0.5) is 0 Å². The van der Waals surface area contributed by atoms with E-state index in [0.717, 1.165) is 6.42 Å². The van der Waals surface area contributed by atoms with Crippen LogP contribution in [0, 0.1) is 0 Å². The largest absolute Gasteiger partial charge is 0.349 e. The minimum Gasteiger partial charge on any atom is -0.349 e. The molecule has 1 aliphatic rings. The Labute approximate surface area is 78.0 Å². The number of carbonyl (C=O) groups is 1. The van der Waals surface area contributed by atoms with Crippen LogP contribution in [-0.2, 0) is 11.2 Å². The summed E-state index contributed by atoms with van der Waals surface area (Å²) in [5.41, 5.74) is 2.65. The van der Waals surface area contributed by atoms with E-state index in [1.54, 1.807) is 0 Å². The molecule has 1 unspecified atom stereocenters. The summed E-state index contributed by atoms with van der Waals surface area (Å²) in [5, 5.41) is 2.98. The molecule has 2 nitrogen and oxygen atoms in total. The lowest BCUT2D eigenvalue weighted by Crippen LogP contribution is -2.35. The fourth-order valence-electron chi connectivity index (χ4n) is 1.68. The molecule has 1 amide bonds. The number of benzene rings is 1. The Morgan fingerprint density at radius 1 is 1.54 bits per heavy atom. The van der Waals surface area contributed by atoms with E-state index in [1.165, 1.54) is 11.1 Å². The highest BCUT2D eigenvalue weighted by atomic mass is 16.1. The molecule has 0 saturated carbocycles. The van der Waals surface area contributed by atoms with Crippen molar-refractivity contribution in [2.45, 2.75) is 25.8 Å². The third-order valence-corrected chi connectivity index (χ3v) is 2.51. The van der Waals surface area contributed by atoms with Gasteiger partial charge in [0.15, 0.2) is 0 Å².